The van der Waals surface area contributed by atoms with Gasteiger partial charge in [0.25, 0.3) is 0 Å². The highest BCUT2D eigenvalue weighted by Crippen LogP contribution is 2.23. The van der Waals surface area contributed by atoms with Crippen LogP contribution < -0.4 is 4.74 Å². The van der Waals surface area contributed by atoms with E-state index >= 15 is 0 Å². The van der Waals surface area contributed by atoms with Crippen LogP contribution in [-0.2, 0) is 5.88 Å². The van der Waals surface area contributed by atoms with Crippen LogP contribution in [0.3, 0.4) is 0 Å². The van der Waals surface area contributed by atoms with E-state index in [2.05, 4.69) is 4.98 Å². The molecule has 0 bridgehead atoms. The van der Waals surface area contributed by atoms with Gasteiger partial charge >= 0.3 is 0 Å². The standard InChI is InChI=1S/C13H12ClNO/c1-10-7-11(8-14)9-15-13(10)16-12-5-3-2-4-6-12/h2-7,9H,8H2,1H3. The summed E-state index contributed by atoms with van der Waals surface area (Å²) in [7, 11) is 0. The van der Waals surface area contributed by atoms with Gasteiger partial charge in [-0.15, -0.1) is 11.6 Å². The van der Waals surface area contributed by atoms with Gasteiger partial charge in [0.2, 0.25) is 5.88 Å². The molecule has 0 unspecified atom stereocenters. The summed E-state index contributed by atoms with van der Waals surface area (Å²) in [6.45, 7) is 1.96. The molecule has 0 aliphatic rings. The third kappa shape index (κ3) is 2.52. The van der Waals surface area contributed by atoms with Crippen LogP contribution in [0.15, 0.2) is 42.6 Å². The monoisotopic (exact) mass is 233 g/mol. The quantitative estimate of drug-likeness (QED) is 0.750. The average molecular weight is 234 g/mol. The molecular formula is C13H12ClNO. The number of aromatic nitrogens is 1. The zero-order valence-corrected chi connectivity index (χ0v) is 9.74. The normalized spacial score (nSPS) is 10.1. The smallest absolute Gasteiger partial charge is 0.222 e. The van der Waals surface area contributed by atoms with E-state index < -0.39 is 0 Å². The minimum Gasteiger partial charge on any atom is -0.439 e. The third-order valence-corrected chi connectivity index (χ3v) is 2.51. The molecule has 0 saturated carbocycles. The van der Waals surface area contributed by atoms with E-state index in [1.165, 1.54) is 0 Å². The van der Waals surface area contributed by atoms with Crippen molar-refractivity contribution in [2.45, 2.75) is 12.8 Å². The first-order chi connectivity index (χ1) is 7.79. The summed E-state index contributed by atoms with van der Waals surface area (Å²) < 4.78 is 5.65. The fraction of sp³-hybridized carbons (Fsp3) is 0.154. The van der Waals surface area contributed by atoms with E-state index in [4.69, 9.17) is 16.3 Å². The minimum atomic E-state index is 0.472. The van der Waals surface area contributed by atoms with Gasteiger partial charge in [0.1, 0.15) is 5.75 Å². The molecule has 0 saturated heterocycles. The summed E-state index contributed by atoms with van der Waals surface area (Å²) in [5, 5.41) is 0. The topological polar surface area (TPSA) is 22.1 Å². The number of hydrogen-bond acceptors (Lipinski definition) is 2. The number of rotatable bonds is 3. The number of alkyl halides is 1. The van der Waals surface area contributed by atoms with E-state index in [1.807, 2.05) is 43.3 Å². The van der Waals surface area contributed by atoms with Crippen molar-refractivity contribution in [3.63, 3.8) is 0 Å². The lowest BCUT2D eigenvalue weighted by Crippen LogP contribution is -1.92. The van der Waals surface area contributed by atoms with E-state index in [0.717, 1.165) is 16.9 Å². The second kappa shape index (κ2) is 4.99. The number of nitrogens with zero attached hydrogens (tertiary/aromatic N) is 1. The number of para-hydroxylation sites is 1. The first-order valence-corrected chi connectivity index (χ1v) is 5.57. The fourth-order valence-corrected chi connectivity index (χ4v) is 1.55. The summed E-state index contributed by atoms with van der Waals surface area (Å²) in [6, 6.07) is 11.6. The highest BCUT2D eigenvalue weighted by molar-refractivity contribution is 6.17. The molecule has 0 fully saturated rings. The van der Waals surface area contributed by atoms with Crippen molar-refractivity contribution in [1.29, 1.82) is 0 Å². The van der Waals surface area contributed by atoms with Crippen LogP contribution in [0.4, 0.5) is 0 Å². The molecule has 3 heteroatoms. The molecule has 1 heterocycles. The molecule has 0 radical (unpaired) electrons. The summed E-state index contributed by atoms with van der Waals surface area (Å²) >= 11 is 5.73. The van der Waals surface area contributed by atoms with E-state index in [0.29, 0.717) is 11.8 Å². The maximum Gasteiger partial charge on any atom is 0.222 e. The lowest BCUT2D eigenvalue weighted by Gasteiger charge is -2.07. The van der Waals surface area contributed by atoms with Crippen LogP contribution >= 0.6 is 11.6 Å². The molecule has 0 N–H and O–H groups in total. The number of hydrogen-bond donors (Lipinski definition) is 0. The molecule has 1 aromatic heterocycles. The third-order valence-electron chi connectivity index (χ3n) is 2.20. The molecule has 0 spiro atoms. The first kappa shape index (κ1) is 11.0. The molecule has 16 heavy (non-hydrogen) atoms. The van der Waals surface area contributed by atoms with Gasteiger partial charge in [-0.1, -0.05) is 18.2 Å². The molecule has 82 valence electrons. The Morgan fingerprint density at radius 1 is 1.25 bits per heavy atom. The molecular weight excluding hydrogens is 222 g/mol. The van der Waals surface area contributed by atoms with E-state index in [1.54, 1.807) is 6.20 Å². The molecule has 0 aliphatic carbocycles. The van der Waals surface area contributed by atoms with Crippen molar-refractivity contribution < 1.29 is 4.74 Å². The lowest BCUT2D eigenvalue weighted by molar-refractivity contribution is 0.458. The van der Waals surface area contributed by atoms with E-state index in [-0.39, 0.29) is 0 Å². The molecule has 2 nitrogen and oxygen atoms in total. The predicted molar refractivity (Wildman–Crippen MR) is 65.0 cm³/mol. The Hall–Kier alpha value is -1.54. The number of ether oxygens (including phenoxy) is 1. The van der Waals surface area contributed by atoms with Crippen LogP contribution in [0.2, 0.25) is 0 Å². The van der Waals surface area contributed by atoms with Crippen molar-refractivity contribution >= 4 is 11.6 Å². The van der Waals surface area contributed by atoms with Crippen LogP contribution in [0.1, 0.15) is 11.1 Å². The van der Waals surface area contributed by atoms with Crippen LogP contribution in [0.25, 0.3) is 0 Å². The Bertz CT molecular complexity index is 471. The van der Waals surface area contributed by atoms with Crippen LogP contribution in [0, 0.1) is 6.92 Å². The van der Waals surface area contributed by atoms with Gasteiger partial charge < -0.3 is 4.74 Å². The number of pyridine rings is 1. The molecule has 0 aliphatic heterocycles. The molecule has 2 rings (SSSR count). The zero-order valence-electron chi connectivity index (χ0n) is 8.98. The zero-order chi connectivity index (χ0) is 11.4. The minimum absolute atomic E-state index is 0.472. The Labute approximate surface area is 99.9 Å². The Morgan fingerprint density at radius 2 is 2.00 bits per heavy atom. The van der Waals surface area contributed by atoms with Crippen molar-refractivity contribution in [2.75, 3.05) is 0 Å². The maximum atomic E-state index is 5.73. The lowest BCUT2D eigenvalue weighted by atomic mass is 10.2. The van der Waals surface area contributed by atoms with E-state index in [9.17, 15) is 0 Å². The number of benzene rings is 1. The SMILES string of the molecule is Cc1cc(CCl)cnc1Oc1ccccc1. The van der Waals surface area contributed by atoms with Gasteiger partial charge in [0.05, 0.1) is 0 Å². The Kier molecular flexibility index (Phi) is 3.42. The second-order valence-corrected chi connectivity index (χ2v) is 3.78. The van der Waals surface area contributed by atoms with Gasteiger partial charge in [0.15, 0.2) is 0 Å². The van der Waals surface area contributed by atoms with Crippen LogP contribution in [-0.4, -0.2) is 4.98 Å². The van der Waals surface area contributed by atoms with Gasteiger partial charge in [-0.2, -0.15) is 0 Å². The van der Waals surface area contributed by atoms with Crippen LogP contribution in [0.5, 0.6) is 11.6 Å². The molecule has 0 atom stereocenters. The summed E-state index contributed by atoms with van der Waals surface area (Å²) in [5.74, 6) is 1.89. The van der Waals surface area contributed by atoms with Gasteiger partial charge in [0, 0.05) is 17.6 Å². The predicted octanol–water partition coefficient (Wildman–Crippen LogP) is 3.92. The van der Waals surface area contributed by atoms with Crippen molar-refractivity contribution in [3.8, 4) is 11.6 Å². The van der Waals surface area contributed by atoms with Crippen molar-refractivity contribution in [3.05, 3.63) is 53.7 Å². The van der Waals surface area contributed by atoms with Gasteiger partial charge in [-0.3, -0.25) is 0 Å². The Morgan fingerprint density at radius 3 is 2.62 bits per heavy atom. The highest BCUT2D eigenvalue weighted by Gasteiger charge is 2.03. The van der Waals surface area contributed by atoms with Crippen molar-refractivity contribution in [2.24, 2.45) is 0 Å². The molecule has 1 aromatic carbocycles. The summed E-state index contributed by atoms with van der Waals surface area (Å²) in [6.07, 6.45) is 1.73. The molecule has 0 amide bonds. The Balaban J connectivity index is 2.22. The summed E-state index contributed by atoms with van der Waals surface area (Å²) in [4.78, 5) is 4.24. The van der Waals surface area contributed by atoms with Gasteiger partial charge in [-0.25, -0.2) is 4.98 Å². The second-order valence-electron chi connectivity index (χ2n) is 3.51. The maximum absolute atomic E-state index is 5.73. The first-order valence-electron chi connectivity index (χ1n) is 5.04. The number of halogens is 1. The van der Waals surface area contributed by atoms with Crippen molar-refractivity contribution in [1.82, 2.24) is 4.98 Å². The fourth-order valence-electron chi connectivity index (χ4n) is 1.40. The number of aryl methyl sites for hydroxylation is 1. The average Bonchev–Trinajstić information content (AvgIpc) is 2.33. The highest BCUT2D eigenvalue weighted by atomic mass is 35.5. The largest absolute Gasteiger partial charge is 0.439 e. The molecule has 2 aromatic rings. The summed E-state index contributed by atoms with van der Waals surface area (Å²) in [5.41, 5.74) is 1.99. The van der Waals surface area contributed by atoms with Gasteiger partial charge in [-0.05, 0) is 30.7 Å².